The summed E-state index contributed by atoms with van der Waals surface area (Å²) in [4.78, 5) is 39.0. The van der Waals surface area contributed by atoms with Crippen LogP contribution in [-0.2, 0) is 9.59 Å². The smallest absolute Gasteiger partial charge is 0.337 e. The molecule has 0 bridgehead atoms. The number of ketones is 1. The Morgan fingerprint density at radius 2 is 1.79 bits per heavy atom. The minimum absolute atomic E-state index is 0.00101. The van der Waals surface area contributed by atoms with Crippen molar-refractivity contribution in [1.82, 2.24) is 0 Å². The number of nitrogens with zero attached hydrogens (tertiary/aromatic N) is 1. The van der Waals surface area contributed by atoms with Crippen molar-refractivity contribution in [2.75, 3.05) is 4.90 Å². The van der Waals surface area contributed by atoms with Crippen LogP contribution >= 0.6 is 23.2 Å². The maximum Gasteiger partial charge on any atom is 0.337 e. The first-order valence-electron chi connectivity index (χ1n) is 9.25. The fraction of sp³-hybridized carbons (Fsp3) is 0.227. The molecule has 0 aromatic heterocycles. The molecule has 0 spiro atoms. The van der Waals surface area contributed by atoms with Crippen LogP contribution in [0.4, 0.5) is 5.69 Å². The number of hydrogen-bond acceptors (Lipinski definition) is 3. The van der Waals surface area contributed by atoms with Crippen molar-refractivity contribution in [3.05, 3.63) is 74.9 Å². The van der Waals surface area contributed by atoms with E-state index >= 15 is 0 Å². The van der Waals surface area contributed by atoms with Crippen molar-refractivity contribution in [3.63, 3.8) is 0 Å². The Morgan fingerprint density at radius 1 is 1.03 bits per heavy atom. The van der Waals surface area contributed by atoms with E-state index in [2.05, 4.69) is 0 Å². The van der Waals surface area contributed by atoms with Crippen molar-refractivity contribution in [2.24, 2.45) is 0 Å². The molecule has 7 heteroatoms. The molecule has 4 rings (SSSR count). The van der Waals surface area contributed by atoms with Crippen LogP contribution in [0.5, 0.6) is 0 Å². The highest BCUT2D eigenvalue weighted by Crippen LogP contribution is 2.45. The zero-order chi connectivity index (χ0) is 20.7. The van der Waals surface area contributed by atoms with Crippen molar-refractivity contribution >= 4 is 46.5 Å². The molecule has 1 atom stereocenters. The number of benzene rings is 2. The van der Waals surface area contributed by atoms with Crippen molar-refractivity contribution in [1.29, 1.82) is 0 Å². The zero-order valence-corrected chi connectivity index (χ0v) is 16.8. The molecule has 29 heavy (non-hydrogen) atoms. The summed E-state index contributed by atoms with van der Waals surface area (Å²) in [6, 6.07) is 11.7. The fourth-order valence-corrected chi connectivity index (χ4v) is 4.60. The molecule has 0 saturated heterocycles. The molecular formula is C22H17Cl2NO4. The second-order valence-electron chi connectivity index (χ2n) is 7.11. The van der Waals surface area contributed by atoms with Gasteiger partial charge in [-0.1, -0.05) is 41.4 Å². The van der Waals surface area contributed by atoms with Crippen LogP contribution in [0.15, 0.2) is 53.7 Å². The molecule has 1 N–H and O–H groups in total. The number of Topliss-reactive ketones (excluding diaryl/α,β-unsaturated/α-hetero) is 1. The van der Waals surface area contributed by atoms with Gasteiger partial charge in [0, 0.05) is 40.7 Å². The molecule has 0 saturated carbocycles. The summed E-state index contributed by atoms with van der Waals surface area (Å²) in [7, 11) is 0. The summed E-state index contributed by atoms with van der Waals surface area (Å²) in [6.07, 6.45) is 1.69. The van der Waals surface area contributed by atoms with Gasteiger partial charge in [-0.05, 0) is 42.7 Å². The van der Waals surface area contributed by atoms with Gasteiger partial charge in [0.2, 0.25) is 5.91 Å². The van der Waals surface area contributed by atoms with Crippen LogP contribution in [0.3, 0.4) is 0 Å². The van der Waals surface area contributed by atoms with E-state index in [0.29, 0.717) is 41.2 Å². The first-order chi connectivity index (χ1) is 13.9. The first-order valence-corrected chi connectivity index (χ1v) is 10.0. The number of carboxylic acids is 1. The second kappa shape index (κ2) is 7.65. The number of aromatic carboxylic acids is 1. The quantitative estimate of drug-likeness (QED) is 0.725. The number of carbonyl (C=O) groups excluding carboxylic acids is 2. The Bertz CT molecular complexity index is 1080. The number of carbonyl (C=O) groups is 3. The van der Waals surface area contributed by atoms with Gasteiger partial charge in [-0.2, -0.15) is 0 Å². The molecule has 1 unspecified atom stereocenters. The highest BCUT2D eigenvalue weighted by atomic mass is 35.5. The van der Waals surface area contributed by atoms with Crippen LogP contribution in [0.25, 0.3) is 0 Å². The van der Waals surface area contributed by atoms with Crippen LogP contribution in [-0.4, -0.2) is 22.8 Å². The molecule has 1 aliphatic heterocycles. The Morgan fingerprint density at radius 3 is 2.52 bits per heavy atom. The third-order valence-electron chi connectivity index (χ3n) is 5.39. The molecule has 5 nitrogen and oxygen atoms in total. The summed E-state index contributed by atoms with van der Waals surface area (Å²) in [5.74, 6) is -1.78. The van der Waals surface area contributed by atoms with Gasteiger partial charge in [-0.25, -0.2) is 4.79 Å². The van der Waals surface area contributed by atoms with Gasteiger partial charge < -0.3 is 5.11 Å². The standard InChI is InChI=1S/C22H17Cl2NO4/c23-16-5-2-1-4-13(16)14-11-20(27)25(18-6-3-7-19(26)21(14)18)12-8-9-17(24)15(10-12)22(28)29/h1-2,4-5,8-10,14H,3,6-7,11H2,(H,28,29). The highest BCUT2D eigenvalue weighted by molar-refractivity contribution is 6.33. The topological polar surface area (TPSA) is 74.7 Å². The van der Waals surface area contributed by atoms with Crippen molar-refractivity contribution < 1.29 is 19.5 Å². The molecule has 0 fully saturated rings. The summed E-state index contributed by atoms with van der Waals surface area (Å²) < 4.78 is 0. The Balaban J connectivity index is 1.88. The number of halogens is 2. The number of amides is 1. The number of hydrogen-bond donors (Lipinski definition) is 1. The molecule has 2 aromatic rings. The molecule has 2 aliphatic rings. The Hall–Kier alpha value is -2.63. The van der Waals surface area contributed by atoms with E-state index in [1.165, 1.54) is 17.0 Å². The lowest BCUT2D eigenvalue weighted by Gasteiger charge is -2.38. The van der Waals surface area contributed by atoms with Gasteiger partial charge in [0.15, 0.2) is 5.78 Å². The second-order valence-corrected chi connectivity index (χ2v) is 7.93. The van der Waals surface area contributed by atoms with Crippen LogP contribution < -0.4 is 4.90 Å². The molecule has 148 valence electrons. The van der Waals surface area contributed by atoms with Gasteiger partial charge in [-0.3, -0.25) is 14.5 Å². The molecule has 1 amide bonds. The largest absolute Gasteiger partial charge is 0.478 e. The number of rotatable bonds is 3. The summed E-state index contributed by atoms with van der Waals surface area (Å²) in [5, 5.41) is 9.99. The zero-order valence-electron chi connectivity index (χ0n) is 15.3. The van der Waals surface area contributed by atoms with E-state index in [0.717, 1.165) is 5.56 Å². The lowest BCUT2D eigenvalue weighted by Crippen LogP contribution is -2.40. The van der Waals surface area contributed by atoms with E-state index in [-0.39, 0.29) is 28.7 Å². The van der Waals surface area contributed by atoms with E-state index in [1.54, 1.807) is 12.1 Å². The lowest BCUT2D eigenvalue weighted by atomic mass is 9.77. The molecular weight excluding hydrogens is 413 g/mol. The van der Waals surface area contributed by atoms with E-state index in [4.69, 9.17) is 23.2 Å². The SMILES string of the molecule is O=C1CCCC2=C1C(c1ccccc1Cl)CC(=O)N2c1ccc(Cl)c(C(=O)O)c1. The van der Waals surface area contributed by atoms with Gasteiger partial charge >= 0.3 is 5.97 Å². The molecule has 1 aliphatic carbocycles. The van der Waals surface area contributed by atoms with Gasteiger partial charge in [-0.15, -0.1) is 0 Å². The number of allylic oxidation sites excluding steroid dienone is 2. The number of anilines is 1. The molecule has 1 heterocycles. The van der Waals surface area contributed by atoms with E-state index < -0.39 is 11.9 Å². The predicted octanol–water partition coefficient (Wildman–Crippen LogP) is 5.22. The normalized spacial score (nSPS) is 19.4. The van der Waals surface area contributed by atoms with Crippen molar-refractivity contribution in [2.45, 2.75) is 31.6 Å². The van der Waals surface area contributed by atoms with Gasteiger partial charge in [0.1, 0.15) is 0 Å². The Labute approximate surface area is 177 Å². The maximum atomic E-state index is 13.2. The lowest BCUT2D eigenvalue weighted by molar-refractivity contribution is -0.119. The third-order valence-corrected chi connectivity index (χ3v) is 6.07. The van der Waals surface area contributed by atoms with Crippen LogP contribution in [0.2, 0.25) is 10.0 Å². The molecule has 0 radical (unpaired) electrons. The van der Waals surface area contributed by atoms with Gasteiger partial charge in [0.05, 0.1) is 10.6 Å². The number of carboxylic acid groups (broad SMARTS) is 1. The summed E-state index contributed by atoms with van der Waals surface area (Å²) in [6.45, 7) is 0. The molecule has 2 aromatic carbocycles. The third kappa shape index (κ3) is 3.45. The average Bonchev–Trinajstić information content (AvgIpc) is 2.68. The van der Waals surface area contributed by atoms with E-state index in [9.17, 15) is 19.5 Å². The van der Waals surface area contributed by atoms with Crippen molar-refractivity contribution in [3.8, 4) is 0 Å². The van der Waals surface area contributed by atoms with E-state index in [1.807, 2.05) is 18.2 Å². The minimum atomic E-state index is -1.18. The average molecular weight is 430 g/mol. The Kier molecular flexibility index (Phi) is 5.19. The monoisotopic (exact) mass is 429 g/mol. The minimum Gasteiger partial charge on any atom is -0.478 e. The highest BCUT2D eigenvalue weighted by Gasteiger charge is 2.40. The van der Waals surface area contributed by atoms with Gasteiger partial charge in [0.25, 0.3) is 0 Å². The van der Waals surface area contributed by atoms with Crippen LogP contribution in [0.1, 0.15) is 47.5 Å². The summed E-state index contributed by atoms with van der Waals surface area (Å²) in [5.41, 5.74) is 2.29. The summed E-state index contributed by atoms with van der Waals surface area (Å²) >= 11 is 12.4. The predicted molar refractivity (Wildman–Crippen MR) is 111 cm³/mol. The fourth-order valence-electron chi connectivity index (χ4n) is 4.13. The first kappa shape index (κ1) is 19.7. The van der Waals surface area contributed by atoms with Crippen LogP contribution in [0, 0.1) is 0 Å². The maximum absolute atomic E-state index is 13.2.